The largest absolute Gasteiger partial charge is 0.488 e. The third-order valence-corrected chi connectivity index (χ3v) is 5.18. The van der Waals surface area contributed by atoms with Gasteiger partial charge >= 0.3 is 0 Å². The number of benzene rings is 1. The molecule has 3 unspecified atom stereocenters. The fraction of sp³-hybridized carbons (Fsp3) is 0.667. The first-order valence-electron chi connectivity index (χ1n) is 8.24. The van der Waals surface area contributed by atoms with Gasteiger partial charge in [-0.3, -0.25) is 4.90 Å². The summed E-state index contributed by atoms with van der Waals surface area (Å²) in [5.41, 5.74) is 2.95. The first-order valence-corrected chi connectivity index (χ1v) is 8.24. The van der Waals surface area contributed by atoms with E-state index < -0.39 is 0 Å². The fourth-order valence-electron chi connectivity index (χ4n) is 3.48. The van der Waals surface area contributed by atoms with E-state index in [0.29, 0.717) is 12.1 Å². The summed E-state index contributed by atoms with van der Waals surface area (Å²) in [6.07, 6.45) is 2.53. The second-order valence-electron chi connectivity index (χ2n) is 7.13. The fourth-order valence-corrected chi connectivity index (χ4v) is 3.48. The summed E-state index contributed by atoms with van der Waals surface area (Å²) in [7, 11) is 0. The Hall–Kier alpha value is -1.06. The Morgan fingerprint density at radius 3 is 3.00 bits per heavy atom. The second-order valence-corrected chi connectivity index (χ2v) is 7.13. The lowest BCUT2D eigenvalue weighted by Crippen LogP contribution is -2.63. The molecule has 2 aliphatic heterocycles. The van der Waals surface area contributed by atoms with E-state index in [1.807, 2.05) is 0 Å². The minimum Gasteiger partial charge on any atom is -0.488 e. The first-order chi connectivity index (χ1) is 9.99. The highest BCUT2D eigenvalue weighted by Crippen LogP contribution is 2.30. The average molecular weight is 288 g/mol. The second kappa shape index (κ2) is 5.62. The van der Waals surface area contributed by atoms with Gasteiger partial charge in [0.15, 0.2) is 0 Å². The van der Waals surface area contributed by atoms with E-state index in [9.17, 15) is 0 Å². The van der Waals surface area contributed by atoms with Crippen LogP contribution in [-0.2, 0) is 6.42 Å². The van der Waals surface area contributed by atoms with Crippen molar-refractivity contribution in [2.75, 3.05) is 19.6 Å². The van der Waals surface area contributed by atoms with Crippen LogP contribution in [0.1, 0.15) is 38.3 Å². The number of aryl methyl sites for hydroxylation is 1. The normalized spacial score (nSPS) is 32.8. The molecule has 3 nitrogen and oxygen atoms in total. The van der Waals surface area contributed by atoms with Crippen molar-refractivity contribution in [2.45, 2.75) is 58.2 Å². The lowest BCUT2D eigenvalue weighted by molar-refractivity contribution is 0.0577. The van der Waals surface area contributed by atoms with Crippen molar-refractivity contribution in [3.05, 3.63) is 29.3 Å². The number of hydrogen-bond acceptors (Lipinski definition) is 3. The van der Waals surface area contributed by atoms with Crippen LogP contribution in [0.3, 0.4) is 0 Å². The van der Waals surface area contributed by atoms with Crippen molar-refractivity contribution in [3.63, 3.8) is 0 Å². The smallest absolute Gasteiger partial charge is 0.123 e. The standard InChI is InChI=1S/C18H28N2O/c1-5-18(4)12-20(14(3)10-19-18)11-16-9-15-8-13(2)6-7-17(15)21-16/h6-8,14,16,19H,5,9-12H2,1-4H3. The summed E-state index contributed by atoms with van der Waals surface area (Å²) >= 11 is 0. The maximum Gasteiger partial charge on any atom is 0.123 e. The molecule has 1 N–H and O–H groups in total. The molecule has 0 saturated carbocycles. The molecular formula is C18H28N2O. The minimum absolute atomic E-state index is 0.245. The number of nitrogens with one attached hydrogen (secondary N) is 1. The van der Waals surface area contributed by atoms with Crippen molar-refractivity contribution in [3.8, 4) is 5.75 Å². The van der Waals surface area contributed by atoms with Gasteiger partial charge in [0, 0.05) is 37.6 Å². The number of fused-ring (bicyclic) bond motifs is 1. The number of hydrogen-bond donors (Lipinski definition) is 1. The van der Waals surface area contributed by atoms with Gasteiger partial charge in [-0.15, -0.1) is 0 Å². The van der Waals surface area contributed by atoms with Gasteiger partial charge in [0.25, 0.3) is 0 Å². The Kier molecular flexibility index (Phi) is 3.98. The lowest BCUT2D eigenvalue weighted by atomic mass is 9.93. The van der Waals surface area contributed by atoms with Gasteiger partial charge in [0.2, 0.25) is 0 Å². The predicted molar refractivity (Wildman–Crippen MR) is 87.0 cm³/mol. The van der Waals surface area contributed by atoms with Gasteiger partial charge in [-0.05, 0) is 38.8 Å². The van der Waals surface area contributed by atoms with Crippen molar-refractivity contribution in [2.24, 2.45) is 0 Å². The maximum absolute atomic E-state index is 6.15. The molecule has 0 bridgehead atoms. The Bertz CT molecular complexity index is 516. The van der Waals surface area contributed by atoms with Gasteiger partial charge in [-0.2, -0.15) is 0 Å². The molecule has 0 amide bonds. The quantitative estimate of drug-likeness (QED) is 0.925. The van der Waals surface area contributed by atoms with E-state index in [0.717, 1.165) is 31.8 Å². The van der Waals surface area contributed by atoms with Crippen LogP contribution in [-0.4, -0.2) is 42.2 Å². The van der Waals surface area contributed by atoms with E-state index in [-0.39, 0.29) is 5.54 Å². The highest BCUT2D eigenvalue weighted by molar-refractivity contribution is 5.40. The molecular weight excluding hydrogens is 260 g/mol. The summed E-state index contributed by atoms with van der Waals surface area (Å²) in [6.45, 7) is 12.3. The monoisotopic (exact) mass is 288 g/mol. The van der Waals surface area contributed by atoms with Crippen LogP contribution in [0, 0.1) is 6.92 Å². The van der Waals surface area contributed by atoms with E-state index >= 15 is 0 Å². The summed E-state index contributed by atoms with van der Waals surface area (Å²) in [5, 5.41) is 3.69. The average Bonchev–Trinajstić information content (AvgIpc) is 2.84. The molecule has 3 rings (SSSR count). The van der Waals surface area contributed by atoms with Crippen molar-refractivity contribution in [1.29, 1.82) is 0 Å². The SMILES string of the molecule is CCC1(C)CN(CC2Cc3cc(C)ccc3O2)C(C)CN1. The van der Waals surface area contributed by atoms with Gasteiger partial charge in [-0.1, -0.05) is 24.6 Å². The third-order valence-electron chi connectivity index (χ3n) is 5.18. The van der Waals surface area contributed by atoms with Gasteiger partial charge in [-0.25, -0.2) is 0 Å². The molecule has 0 aliphatic carbocycles. The summed E-state index contributed by atoms with van der Waals surface area (Å²) in [4.78, 5) is 2.60. The predicted octanol–water partition coefficient (Wildman–Crippen LogP) is 2.76. The Labute approximate surface area is 128 Å². The summed E-state index contributed by atoms with van der Waals surface area (Å²) in [5.74, 6) is 1.09. The minimum atomic E-state index is 0.245. The van der Waals surface area contributed by atoms with Crippen LogP contribution in [0.25, 0.3) is 0 Å². The molecule has 21 heavy (non-hydrogen) atoms. The van der Waals surface area contributed by atoms with Crippen LogP contribution in [0.15, 0.2) is 18.2 Å². The molecule has 116 valence electrons. The molecule has 1 saturated heterocycles. The van der Waals surface area contributed by atoms with Gasteiger partial charge in [0.1, 0.15) is 11.9 Å². The van der Waals surface area contributed by atoms with E-state index in [2.05, 4.69) is 56.1 Å². The van der Waals surface area contributed by atoms with E-state index in [4.69, 9.17) is 4.74 Å². The molecule has 0 spiro atoms. The molecule has 0 aromatic heterocycles. The topological polar surface area (TPSA) is 24.5 Å². The van der Waals surface area contributed by atoms with Crippen molar-refractivity contribution < 1.29 is 4.74 Å². The molecule has 1 fully saturated rings. The van der Waals surface area contributed by atoms with Crippen LogP contribution in [0.2, 0.25) is 0 Å². The summed E-state index contributed by atoms with van der Waals surface area (Å²) < 4.78 is 6.15. The Morgan fingerprint density at radius 2 is 2.24 bits per heavy atom. The summed E-state index contributed by atoms with van der Waals surface area (Å²) in [6, 6.07) is 7.12. The van der Waals surface area contributed by atoms with Crippen molar-refractivity contribution in [1.82, 2.24) is 10.2 Å². The molecule has 1 aromatic rings. The Balaban J connectivity index is 1.65. The maximum atomic E-state index is 6.15. The third kappa shape index (κ3) is 3.09. The Morgan fingerprint density at radius 1 is 1.43 bits per heavy atom. The highest BCUT2D eigenvalue weighted by Gasteiger charge is 2.35. The van der Waals surface area contributed by atoms with Crippen LogP contribution in [0.4, 0.5) is 0 Å². The highest BCUT2D eigenvalue weighted by atomic mass is 16.5. The molecule has 3 atom stereocenters. The number of nitrogens with zero attached hydrogens (tertiary/aromatic N) is 1. The first kappa shape index (κ1) is 14.9. The zero-order chi connectivity index (χ0) is 15.0. The molecule has 2 aliphatic rings. The zero-order valence-corrected chi connectivity index (χ0v) is 13.8. The van der Waals surface area contributed by atoms with Gasteiger partial charge in [0.05, 0.1) is 0 Å². The van der Waals surface area contributed by atoms with Crippen LogP contribution < -0.4 is 10.1 Å². The molecule has 2 heterocycles. The van der Waals surface area contributed by atoms with E-state index in [1.54, 1.807) is 0 Å². The van der Waals surface area contributed by atoms with Crippen LogP contribution in [0.5, 0.6) is 5.75 Å². The molecule has 3 heteroatoms. The number of ether oxygens (including phenoxy) is 1. The number of rotatable bonds is 3. The lowest BCUT2D eigenvalue weighted by Gasteiger charge is -2.45. The van der Waals surface area contributed by atoms with Gasteiger partial charge < -0.3 is 10.1 Å². The number of piperazine rings is 1. The molecule has 1 aromatic carbocycles. The van der Waals surface area contributed by atoms with Crippen LogP contribution >= 0.6 is 0 Å². The van der Waals surface area contributed by atoms with Crippen molar-refractivity contribution >= 4 is 0 Å². The molecule has 0 radical (unpaired) electrons. The zero-order valence-electron chi connectivity index (χ0n) is 13.8. The van der Waals surface area contributed by atoms with E-state index in [1.165, 1.54) is 17.5 Å².